The molecule has 2 heterocycles. The first-order valence-electron chi connectivity index (χ1n) is 5.93. The number of benzene rings is 1. The van der Waals surface area contributed by atoms with E-state index < -0.39 is 11.4 Å². The van der Waals surface area contributed by atoms with Crippen LogP contribution in [-0.4, -0.2) is 14.0 Å². The van der Waals surface area contributed by atoms with Gasteiger partial charge in [-0.05, 0) is 12.1 Å². The number of aromatic nitrogens is 3. The average molecular weight is 277 g/mol. The van der Waals surface area contributed by atoms with Crippen LogP contribution >= 0.6 is 0 Å². The second-order valence-electron chi connectivity index (χ2n) is 4.24. The van der Waals surface area contributed by atoms with Crippen LogP contribution in [0.1, 0.15) is 11.1 Å². The van der Waals surface area contributed by atoms with Gasteiger partial charge in [0.1, 0.15) is 23.3 Å². The molecule has 0 fully saturated rings. The van der Waals surface area contributed by atoms with E-state index in [1.54, 1.807) is 30.3 Å². The number of hydrogen-bond acceptors (Lipinski definition) is 4. The topological polar surface area (TPSA) is 107 Å². The minimum absolute atomic E-state index is 0.0214. The van der Waals surface area contributed by atoms with E-state index in [4.69, 9.17) is 10.5 Å². The third kappa shape index (κ3) is 1.73. The third-order valence-corrected chi connectivity index (χ3v) is 3.08. The maximum atomic E-state index is 12.4. The van der Waals surface area contributed by atoms with E-state index in [1.165, 1.54) is 6.20 Å². The van der Waals surface area contributed by atoms with E-state index in [0.717, 1.165) is 8.97 Å². The van der Waals surface area contributed by atoms with Gasteiger partial charge >= 0.3 is 11.4 Å². The van der Waals surface area contributed by atoms with Gasteiger partial charge in [0.25, 0.3) is 0 Å². The quantitative estimate of drug-likeness (QED) is 0.699. The number of nitriles is 2. The molecule has 7 heteroatoms. The summed E-state index contributed by atoms with van der Waals surface area (Å²) < 4.78 is 2.03. The lowest BCUT2D eigenvalue weighted by Gasteiger charge is -2.04. The fourth-order valence-corrected chi connectivity index (χ4v) is 2.13. The first-order valence-corrected chi connectivity index (χ1v) is 5.93. The summed E-state index contributed by atoms with van der Waals surface area (Å²) in [4.78, 5) is 27.0. The molecule has 2 aromatic heterocycles. The van der Waals surface area contributed by atoms with Gasteiger partial charge in [0, 0.05) is 6.20 Å². The molecule has 0 saturated heterocycles. The van der Waals surface area contributed by atoms with Crippen LogP contribution < -0.4 is 11.4 Å². The number of nitrogens with zero attached hydrogens (tertiary/aromatic N) is 4. The molecule has 0 saturated carbocycles. The predicted octanol–water partition coefficient (Wildman–Crippen LogP) is 0.522. The molecule has 0 aliphatic heterocycles. The van der Waals surface area contributed by atoms with Crippen molar-refractivity contribution < 1.29 is 0 Å². The summed E-state index contributed by atoms with van der Waals surface area (Å²) in [5, 5.41) is 18.0. The van der Waals surface area contributed by atoms with E-state index in [1.807, 2.05) is 12.1 Å². The minimum Gasteiger partial charge on any atom is -0.291 e. The van der Waals surface area contributed by atoms with Crippen molar-refractivity contribution in [2.75, 3.05) is 0 Å². The molecule has 0 amide bonds. The lowest BCUT2D eigenvalue weighted by molar-refractivity contribution is 0.800. The van der Waals surface area contributed by atoms with Gasteiger partial charge in [0.05, 0.1) is 11.3 Å². The first kappa shape index (κ1) is 12.5. The van der Waals surface area contributed by atoms with Crippen molar-refractivity contribution in [3.05, 3.63) is 68.6 Å². The monoisotopic (exact) mass is 277 g/mol. The third-order valence-electron chi connectivity index (χ3n) is 3.08. The molecule has 0 bridgehead atoms. The molecule has 100 valence electrons. The van der Waals surface area contributed by atoms with Crippen molar-refractivity contribution in [2.24, 2.45) is 0 Å². The second kappa shape index (κ2) is 4.51. The van der Waals surface area contributed by atoms with Crippen LogP contribution in [-0.2, 0) is 0 Å². The average Bonchev–Trinajstić information content (AvgIpc) is 2.86. The van der Waals surface area contributed by atoms with Gasteiger partial charge in [-0.2, -0.15) is 10.5 Å². The lowest BCUT2D eigenvalue weighted by Crippen LogP contribution is -2.37. The Hall–Kier alpha value is -3.58. The number of aromatic amines is 1. The number of para-hydroxylation sites is 1. The fraction of sp³-hybridized carbons (Fsp3) is 0. The Kier molecular flexibility index (Phi) is 2.68. The zero-order chi connectivity index (χ0) is 15.0. The Morgan fingerprint density at radius 3 is 2.38 bits per heavy atom. The number of hydrogen-bond donors (Lipinski definition) is 1. The highest BCUT2D eigenvalue weighted by atomic mass is 16.2. The second-order valence-corrected chi connectivity index (χ2v) is 4.24. The SMILES string of the molecule is N#Cc1cn2c(=O)n(-c3ccccc3)c(=O)[nH]c2c1C#N. The smallest absolute Gasteiger partial charge is 0.291 e. The van der Waals surface area contributed by atoms with Crippen molar-refractivity contribution in [1.82, 2.24) is 14.0 Å². The fourth-order valence-electron chi connectivity index (χ4n) is 2.13. The van der Waals surface area contributed by atoms with Crippen LogP contribution in [0.3, 0.4) is 0 Å². The summed E-state index contributed by atoms with van der Waals surface area (Å²) in [5.41, 5.74) is -0.869. The van der Waals surface area contributed by atoms with Crippen LogP contribution in [0.2, 0.25) is 0 Å². The van der Waals surface area contributed by atoms with Gasteiger partial charge in [0.15, 0.2) is 0 Å². The van der Waals surface area contributed by atoms with Crippen LogP contribution in [0.4, 0.5) is 0 Å². The summed E-state index contributed by atoms with van der Waals surface area (Å²) in [5.74, 6) is 0. The van der Waals surface area contributed by atoms with Crippen molar-refractivity contribution in [3.63, 3.8) is 0 Å². The van der Waals surface area contributed by atoms with Crippen LogP contribution in [0.25, 0.3) is 11.3 Å². The summed E-state index contributed by atoms with van der Waals surface area (Å²) >= 11 is 0. The highest BCUT2D eigenvalue weighted by molar-refractivity contribution is 5.63. The van der Waals surface area contributed by atoms with Gasteiger partial charge in [-0.1, -0.05) is 18.2 Å². The van der Waals surface area contributed by atoms with E-state index in [0.29, 0.717) is 5.69 Å². The summed E-state index contributed by atoms with van der Waals surface area (Å²) in [6, 6.07) is 12.0. The Morgan fingerprint density at radius 2 is 1.76 bits per heavy atom. The standard InChI is InChI=1S/C14H7N5O2/c15-6-9-8-18-12(11(9)7-16)17-13(20)19(14(18)21)10-4-2-1-3-5-10/h1-5,8H,(H,17,20). The molecular formula is C14H7N5O2. The maximum absolute atomic E-state index is 12.4. The number of nitrogens with one attached hydrogen (secondary N) is 1. The van der Waals surface area contributed by atoms with E-state index in [2.05, 4.69) is 4.98 Å². The van der Waals surface area contributed by atoms with Gasteiger partial charge in [0.2, 0.25) is 0 Å². The Balaban J connectivity index is 2.48. The Bertz CT molecular complexity index is 1040. The molecule has 1 aromatic carbocycles. The molecule has 21 heavy (non-hydrogen) atoms. The molecule has 0 aliphatic rings. The molecule has 0 spiro atoms. The van der Waals surface area contributed by atoms with Gasteiger partial charge < -0.3 is 0 Å². The summed E-state index contributed by atoms with van der Waals surface area (Å²) in [6.07, 6.45) is 1.24. The Labute approximate surface area is 117 Å². The van der Waals surface area contributed by atoms with Gasteiger partial charge in [-0.15, -0.1) is 0 Å². The van der Waals surface area contributed by atoms with Crippen LogP contribution in [0.15, 0.2) is 46.1 Å². The number of rotatable bonds is 1. The molecule has 1 N–H and O–H groups in total. The van der Waals surface area contributed by atoms with E-state index in [9.17, 15) is 9.59 Å². The Morgan fingerprint density at radius 1 is 1.05 bits per heavy atom. The normalized spacial score (nSPS) is 10.2. The zero-order valence-corrected chi connectivity index (χ0v) is 10.6. The molecule has 0 aliphatic carbocycles. The van der Waals surface area contributed by atoms with Gasteiger partial charge in [-0.25, -0.2) is 14.2 Å². The van der Waals surface area contributed by atoms with Crippen molar-refractivity contribution in [2.45, 2.75) is 0 Å². The largest absolute Gasteiger partial charge is 0.342 e. The molecule has 3 aromatic rings. The lowest BCUT2D eigenvalue weighted by atomic mass is 10.2. The molecule has 0 radical (unpaired) electrons. The highest BCUT2D eigenvalue weighted by Crippen LogP contribution is 2.12. The van der Waals surface area contributed by atoms with E-state index >= 15 is 0 Å². The zero-order valence-electron chi connectivity index (χ0n) is 10.6. The molecule has 0 unspecified atom stereocenters. The number of fused-ring (bicyclic) bond motifs is 1. The summed E-state index contributed by atoms with van der Waals surface area (Å²) in [7, 11) is 0. The molecule has 7 nitrogen and oxygen atoms in total. The minimum atomic E-state index is -0.669. The number of H-pyrrole nitrogens is 1. The summed E-state index contributed by atoms with van der Waals surface area (Å²) in [6.45, 7) is 0. The molecular weight excluding hydrogens is 270 g/mol. The van der Waals surface area contributed by atoms with Crippen molar-refractivity contribution in [3.8, 4) is 17.8 Å². The molecule has 3 rings (SSSR count). The van der Waals surface area contributed by atoms with Gasteiger partial charge in [-0.3, -0.25) is 9.38 Å². The molecule has 0 atom stereocenters. The van der Waals surface area contributed by atoms with Crippen LogP contribution in [0.5, 0.6) is 0 Å². The van der Waals surface area contributed by atoms with Crippen LogP contribution in [0, 0.1) is 22.7 Å². The first-order chi connectivity index (χ1) is 10.2. The maximum Gasteiger partial charge on any atom is 0.342 e. The van der Waals surface area contributed by atoms with E-state index in [-0.39, 0.29) is 16.8 Å². The predicted molar refractivity (Wildman–Crippen MR) is 73.0 cm³/mol. The van der Waals surface area contributed by atoms with Crippen molar-refractivity contribution >= 4 is 5.65 Å². The highest BCUT2D eigenvalue weighted by Gasteiger charge is 2.16. The van der Waals surface area contributed by atoms with Crippen molar-refractivity contribution in [1.29, 1.82) is 10.5 Å².